The highest BCUT2D eigenvalue weighted by molar-refractivity contribution is 5.97. The first-order valence-corrected chi connectivity index (χ1v) is 7.00. The molecule has 0 saturated carbocycles. The van der Waals surface area contributed by atoms with E-state index in [1.54, 1.807) is 12.1 Å². The van der Waals surface area contributed by atoms with Gasteiger partial charge in [-0.15, -0.1) is 0 Å². The third-order valence-electron chi connectivity index (χ3n) is 4.09. The maximum Gasteiger partial charge on any atom is 0.337 e. The lowest BCUT2D eigenvalue weighted by atomic mass is 9.96. The molecule has 0 spiro atoms. The molecule has 0 aliphatic carbocycles. The lowest BCUT2D eigenvalue weighted by Gasteiger charge is -2.33. The van der Waals surface area contributed by atoms with Crippen molar-refractivity contribution in [3.63, 3.8) is 0 Å². The van der Waals surface area contributed by atoms with Gasteiger partial charge >= 0.3 is 5.97 Å². The minimum absolute atomic E-state index is 0.178. The van der Waals surface area contributed by atoms with Gasteiger partial charge in [-0.05, 0) is 51.0 Å². The van der Waals surface area contributed by atoms with Crippen LogP contribution >= 0.6 is 0 Å². The number of rotatable bonds is 4. The van der Waals surface area contributed by atoms with Crippen LogP contribution in [0.4, 0.5) is 11.4 Å². The number of benzene rings is 1. The van der Waals surface area contributed by atoms with Gasteiger partial charge in [0.05, 0.1) is 16.9 Å². The second kappa shape index (κ2) is 6.13. The van der Waals surface area contributed by atoms with Crippen LogP contribution in [0.25, 0.3) is 0 Å². The summed E-state index contributed by atoms with van der Waals surface area (Å²) in [7, 11) is 4.13. The Morgan fingerprint density at radius 1 is 1.45 bits per heavy atom. The fourth-order valence-corrected chi connectivity index (χ4v) is 2.80. The second-order valence-corrected chi connectivity index (χ2v) is 5.67. The van der Waals surface area contributed by atoms with E-state index in [0.717, 1.165) is 25.3 Å². The van der Waals surface area contributed by atoms with Gasteiger partial charge in [-0.25, -0.2) is 4.79 Å². The van der Waals surface area contributed by atoms with E-state index in [0.29, 0.717) is 11.6 Å². The number of piperidine rings is 1. The Kier molecular flexibility index (Phi) is 4.49. The molecule has 110 valence electrons. The van der Waals surface area contributed by atoms with E-state index in [-0.39, 0.29) is 5.56 Å². The number of carbonyl (C=O) groups is 1. The number of nitrogens with zero attached hydrogens (tertiary/aromatic N) is 2. The van der Waals surface area contributed by atoms with Crippen LogP contribution in [0.15, 0.2) is 18.2 Å². The van der Waals surface area contributed by atoms with E-state index >= 15 is 0 Å². The highest BCUT2D eigenvalue weighted by Gasteiger charge is 2.20. The number of carboxylic acids is 1. The van der Waals surface area contributed by atoms with Crippen LogP contribution in [0.5, 0.6) is 0 Å². The molecule has 1 aromatic rings. The maximum atomic E-state index is 11.1. The van der Waals surface area contributed by atoms with Crippen molar-refractivity contribution in [3.8, 4) is 0 Å². The maximum absolute atomic E-state index is 11.1. The van der Waals surface area contributed by atoms with E-state index in [1.165, 1.54) is 12.8 Å². The molecule has 0 bridgehead atoms. The molecule has 0 aromatic heterocycles. The van der Waals surface area contributed by atoms with Crippen molar-refractivity contribution in [2.24, 2.45) is 5.92 Å². The lowest BCUT2D eigenvalue weighted by Crippen LogP contribution is -2.36. The number of hydrogen-bond donors (Lipinski definition) is 2. The molecule has 1 aliphatic rings. The number of para-hydroxylation sites is 1. The van der Waals surface area contributed by atoms with Gasteiger partial charge in [0.1, 0.15) is 0 Å². The van der Waals surface area contributed by atoms with Gasteiger partial charge in [0.25, 0.3) is 0 Å². The van der Waals surface area contributed by atoms with Crippen molar-refractivity contribution in [2.75, 3.05) is 44.4 Å². The topological polar surface area (TPSA) is 69.8 Å². The average molecular weight is 277 g/mol. The Bertz CT molecular complexity index is 482. The average Bonchev–Trinajstić information content (AvgIpc) is 2.41. The Hall–Kier alpha value is -1.75. The molecule has 5 nitrogen and oxygen atoms in total. The smallest absolute Gasteiger partial charge is 0.337 e. The van der Waals surface area contributed by atoms with Gasteiger partial charge in [0.15, 0.2) is 0 Å². The highest BCUT2D eigenvalue weighted by atomic mass is 16.4. The van der Waals surface area contributed by atoms with Crippen LogP contribution < -0.4 is 10.6 Å². The summed E-state index contributed by atoms with van der Waals surface area (Å²) in [4.78, 5) is 15.5. The van der Waals surface area contributed by atoms with Gasteiger partial charge in [-0.1, -0.05) is 6.07 Å². The molecular weight excluding hydrogens is 254 g/mol. The number of anilines is 2. The number of nitrogens with two attached hydrogens (primary N) is 1. The van der Waals surface area contributed by atoms with Gasteiger partial charge in [-0.2, -0.15) is 0 Å². The van der Waals surface area contributed by atoms with E-state index in [4.69, 9.17) is 10.8 Å². The molecule has 2 rings (SSSR count). The van der Waals surface area contributed by atoms with E-state index < -0.39 is 5.97 Å². The first kappa shape index (κ1) is 14.7. The number of carboxylic acid groups (broad SMARTS) is 1. The van der Waals surface area contributed by atoms with Crippen molar-refractivity contribution in [3.05, 3.63) is 23.8 Å². The summed E-state index contributed by atoms with van der Waals surface area (Å²) in [6.07, 6.45) is 2.36. The fraction of sp³-hybridized carbons (Fsp3) is 0.533. The van der Waals surface area contributed by atoms with Crippen molar-refractivity contribution in [1.82, 2.24) is 4.90 Å². The first-order chi connectivity index (χ1) is 9.49. The van der Waals surface area contributed by atoms with Crippen LogP contribution in [0.2, 0.25) is 0 Å². The van der Waals surface area contributed by atoms with Gasteiger partial charge in [0.2, 0.25) is 0 Å². The van der Waals surface area contributed by atoms with E-state index in [1.807, 2.05) is 13.1 Å². The summed E-state index contributed by atoms with van der Waals surface area (Å²) in [5, 5.41) is 9.12. The Morgan fingerprint density at radius 3 is 2.70 bits per heavy atom. The zero-order valence-corrected chi connectivity index (χ0v) is 12.2. The van der Waals surface area contributed by atoms with Crippen LogP contribution in [-0.2, 0) is 0 Å². The molecular formula is C15H23N3O2. The number of likely N-dealkylation sites (tertiary alicyclic amines) is 1. The summed E-state index contributed by atoms with van der Waals surface area (Å²) < 4.78 is 0. The molecule has 5 heteroatoms. The zero-order valence-electron chi connectivity index (χ0n) is 12.2. The summed E-state index contributed by atoms with van der Waals surface area (Å²) in [6.45, 7) is 3.17. The fourth-order valence-electron chi connectivity index (χ4n) is 2.80. The van der Waals surface area contributed by atoms with Crippen LogP contribution in [0.3, 0.4) is 0 Å². The largest absolute Gasteiger partial charge is 0.478 e. The number of hydrogen-bond acceptors (Lipinski definition) is 4. The van der Waals surface area contributed by atoms with Crippen LogP contribution in [-0.4, -0.2) is 49.7 Å². The third-order valence-corrected chi connectivity index (χ3v) is 4.09. The van der Waals surface area contributed by atoms with Gasteiger partial charge < -0.3 is 20.6 Å². The second-order valence-electron chi connectivity index (χ2n) is 5.67. The minimum atomic E-state index is -0.975. The summed E-state index contributed by atoms with van der Waals surface area (Å²) >= 11 is 0. The van der Waals surface area contributed by atoms with Gasteiger partial charge in [-0.3, -0.25) is 0 Å². The quantitative estimate of drug-likeness (QED) is 0.820. The molecule has 0 unspecified atom stereocenters. The van der Waals surface area contributed by atoms with Gasteiger partial charge in [0, 0.05) is 13.6 Å². The molecule has 20 heavy (non-hydrogen) atoms. The third kappa shape index (κ3) is 3.22. The summed E-state index contributed by atoms with van der Waals surface area (Å²) in [6, 6.07) is 5.18. The van der Waals surface area contributed by atoms with Crippen molar-refractivity contribution in [1.29, 1.82) is 0 Å². The molecule has 0 amide bonds. The molecule has 1 fully saturated rings. The standard InChI is InChI=1S/C15H23N3O2/c1-17-8-6-11(7-9-17)10-18(2)13-5-3-4-12(14(13)16)15(19)20/h3-5,11H,6-10,16H2,1-2H3,(H,19,20). The first-order valence-electron chi connectivity index (χ1n) is 7.00. The Labute approximate surface area is 120 Å². The molecule has 3 N–H and O–H groups in total. The molecule has 1 aliphatic heterocycles. The number of aromatic carboxylic acids is 1. The SMILES string of the molecule is CN1CCC(CN(C)c2cccc(C(=O)O)c2N)CC1. The molecule has 1 aromatic carbocycles. The van der Waals surface area contributed by atoms with Crippen LogP contribution in [0.1, 0.15) is 23.2 Å². The summed E-state index contributed by atoms with van der Waals surface area (Å²) in [5.41, 5.74) is 7.33. The molecule has 0 radical (unpaired) electrons. The Balaban J connectivity index is 2.07. The van der Waals surface area contributed by atoms with Crippen molar-refractivity contribution >= 4 is 17.3 Å². The summed E-state index contributed by atoms with van der Waals surface area (Å²) in [5.74, 6) is -0.332. The number of nitrogen functional groups attached to an aromatic ring is 1. The zero-order chi connectivity index (χ0) is 14.7. The van der Waals surface area contributed by atoms with Crippen molar-refractivity contribution < 1.29 is 9.90 Å². The minimum Gasteiger partial charge on any atom is -0.478 e. The van der Waals surface area contributed by atoms with E-state index in [9.17, 15) is 4.79 Å². The predicted molar refractivity (Wildman–Crippen MR) is 81.3 cm³/mol. The predicted octanol–water partition coefficient (Wildman–Crippen LogP) is 1.74. The molecule has 1 heterocycles. The van der Waals surface area contributed by atoms with E-state index in [2.05, 4.69) is 16.8 Å². The Morgan fingerprint density at radius 2 is 2.10 bits per heavy atom. The molecule has 1 saturated heterocycles. The molecule has 0 atom stereocenters. The lowest BCUT2D eigenvalue weighted by molar-refractivity contribution is 0.0698. The monoisotopic (exact) mass is 277 g/mol. The van der Waals surface area contributed by atoms with Crippen LogP contribution in [0, 0.1) is 5.92 Å². The van der Waals surface area contributed by atoms with Crippen molar-refractivity contribution in [2.45, 2.75) is 12.8 Å². The highest BCUT2D eigenvalue weighted by Crippen LogP contribution is 2.28. The normalized spacial score (nSPS) is 17.1.